The number of aryl methyl sites for hydroxylation is 1. The Morgan fingerprint density at radius 3 is 2.71 bits per heavy atom. The van der Waals surface area contributed by atoms with Crippen molar-refractivity contribution < 1.29 is 14.4 Å². The van der Waals surface area contributed by atoms with Gasteiger partial charge in [-0.05, 0) is 69.4 Å². The zero-order chi connectivity index (χ0) is 24.4. The van der Waals surface area contributed by atoms with Crippen LogP contribution in [0.5, 0.6) is 0 Å². The summed E-state index contributed by atoms with van der Waals surface area (Å²) in [7, 11) is 0. The fraction of sp³-hybridized carbons (Fsp3) is 0.440. The van der Waals surface area contributed by atoms with Gasteiger partial charge in [-0.25, -0.2) is 4.98 Å². The summed E-state index contributed by atoms with van der Waals surface area (Å²) >= 11 is 2.98. The molecule has 4 rings (SSSR count). The number of anilines is 1. The maximum Gasteiger partial charge on any atom is 0.254 e. The van der Waals surface area contributed by atoms with Gasteiger partial charge in [-0.15, -0.1) is 0 Å². The van der Waals surface area contributed by atoms with Crippen LogP contribution in [0.4, 0.5) is 5.13 Å². The highest BCUT2D eigenvalue weighted by Gasteiger charge is 2.30. The first kappa shape index (κ1) is 24.5. The third kappa shape index (κ3) is 5.52. The third-order valence-corrected chi connectivity index (χ3v) is 8.33. The molecule has 2 heterocycles. The van der Waals surface area contributed by atoms with Crippen molar-refractivity contribution in [2.24, 2.45) is 5.92 Å². The monoisotopic (exact) mass is 498 g/mol. The van der Waals surface area contributed by atoms with E-state index < -0.39 is 0 Å². The van der Waals surface area contributed by atoms with Crippen molar-refractivity contribution in [3.63, 3.8) is 0 Å². The molecule has 2 fully saturated rings. The molecule has 2 aliphatic rings. The summed E-state index contributed by atoms with van der Waals surface area (Å²) in [5.74, 6) is 0.0796. The molecule has 34 heavy (non-hydrogen) atoms. The number of benzene rings is 1. The van der Waals surface area contributed by atoms with E-state index >= 15 is 0 Å². The fourth-order valence-electron chi connectivity index (χ4n) is 4.10. The largest absolute Gasteiger partial charge is 0.337 e. The summed E-state index contributed by atoms with van der Waals surface area (Å²) in [5, 5.41) is 3.50. The molecule has 0 radical (unpaired) electrons. The molecule has 2 aromatic rings. The normalized spacial score (nSPS) is 18.4. The molecule has 7 nitrogen and oxygen atoms in total. The van der Waals surface area contributed by atoms with Crippen LogP contribution in [-0.4, -0.2) is 58.2 Å². The number of nitrogens with zero attached hydrogens (tertiary/aromatic N) is 3. The summed E-state index contributed by atoms with van der Waals surface area (Å²) < 4.78 is 0.953. The molecule has 9 heteroatoms. The lowest BCUT2D eigenvalue weighted by molar-refractivity contribution is -0.127. The van der Waals surface area contributed by atoms with Crippen molar-refractivity contribution in [3.05, 3.63) is 47.7 Å². The van der Waals surface area contributed by atoms with Crippen LogP contribution in [0.15, 0.2) is 40.1 Å². The highest BCUT2D eigenvalue weighted by Crippen LogP contribution is 2.37. The number of rotatable bonds is 6. The highest BCUT2D eigenvalue weighted by atomic mass is 32.2. The van der Waals surface area contributed by atoms with Gasteiger partial charge in [0.25, 0.3) is 5.91 Å². The van der Waals surface area contributed by atoms with Crippen LogP contribution in [0, 0.1) is 19.8 Å². The second kappa shape index (κ2) is 10.3. The molecule has 1 aliphatic heterocycles. The van der Waals surface area contributed by atoms with Crippen molar-refractivity contribution in [2.75, 3.05) is 25.0 Å². The number of nitrogens with one attached hydrogen (secondary N) is 1. The van der Waals surface area contributed by atoms with E-state index in [9.17, 15) is 14.4 Å². The molecular formula is C25H30N4O3S2. The van der Waals surface area contributed by atoms with Crippen LogP contribution < -0.4 is 5.32 Å². The highest BCUT2D eigenvalue weighted by molar-refractivity contribution is 8.01. The van der Waals surface area contributed by atoms with Gasteiger partial charge in [0.1, 0.15) is 0 Å². The smallest absolute Gasteiger partial charge is 0.254 e. The van der Waals surface area contributed by atoms with Crippen LogP contribution in [0.3, 0.4) is 0 Å². The Morgan fingerprint density at radius 1 is 1.24 bits per heavy atom. The standard InChI is InChI=1S/C25H30N4O3S2/c1-5-21(30)29-10-6-9-28(14-16(29)3)24(32)20-12-19(11-15(2)17(20)4)33-22-13-26-25(34-22)27-23(31)18-7-8-18/h5,11-13,16,18H,1,6-10,14H2,2-4H3,(H,26,27,31). The van der Waals surface area contributed by atoms with Gasteiger partial charge in [-0.1, -0.05) is 29.7 Å². The molecular weight excluding hydrogens is 468 g/mol. The van der Waals surface area contributed by atoms with Gasteiger partial charge in [-0.3, -0.25) is 14.4 Å². The minimum atomic E-state index is -0.0931. The number of thiazole rings is 1. The van der Waals surface area contributed by atoms with E-state index in [0.29, 0.717) is 30.3 Å². The fourth-order valence-corrected chi connectivity index (χ4v) is 6.10. The Bertz CT molecular complexity index is 1130. The molecule has 1 aromatic carbocycles. The second-order valence-electron chi connectivity index (χ2n) is 8.95. The van der Waals surface area contributed by atoms with E-state index in [1.807, 2.05) is 31.7 Å². The van der Waals surface area contributed by atoms with E-state index in [-0.39, 0.29) is 29.7 Å². The SMILES string of the molecule is C=CC(=O)N1CCCN(C(=O)c2cc(Sc3cnc(NC(=O)C4CC4)s3)cc(C)c2C)CC1C. The van der Waals surface area contributed by atoms with Crippen molar-refractivity contribution in [1.29, 1.82) is 0 Å². The zero-order valence-corrected chi connectivity index (χ0v) is 21.4. The van der Waals surface area contributed by atoms with E-state index in [4.69, 9.17) is 0 Å². The molecule has 3 amide bonds. The Kier molecular flexibility index (Phi) is 7.42. The third-order valence-electron chi connectivity index (χ3n) is 6.34. The first-order chi connectivity index (χ1) is 16.3. The lowest BCUT2D eigenvalue weighted by Crippen LogP contribution is -2.43. The van der Waals surface area contributed by atoms with E-state index in [1.54, 1.807) is 22.9 Å². The summed E-state index contributed by atoms with van der Waals surface area (Å²) in [6, 6.07) is 3.95. The maximum absolute atomic E-state index is 13.6. The van der Waals surface area contributed by atoms with Gasteiger partial charge in [-0.2, -0.15) is 0 Å². The van der Waals surface area contributed by atoms with Gasteiger partial charge >= 0.3 is 0 Å². The van der Waals surface area contributed by atoms with Gasteiger partial charge in [0.05, 0.1) is 10.4 Å². The van der Waals surface area contributed by atoms with Crippen LogP contribution in [-0.2, 0) is 9.59 Å². The van der Waals surface area contributed by atoms with E-state index in [0.717, 1.165) is 39.5 Å². The molecule has 1 N–H and O–H groups in total. The number of aromatic nitrogens is 1. The number of carbonyl (C=O) groups excluding carboxylic acids is 3. The van der Waals surface area contributed by atoms with Gasteiger partial charge in [0.15, 0.2) is 5.13 Å². The lowest BCUT2D eigenvalue weighted by atomic mass is 10.0. The average molecular weight is 499 g/mol. The quantitative estimate of drug-likeness (QED) is 0.593. The van der Waals surface area contributed by atoms with Gasteiger partial charge in [0.2, 0.25) is 11.8 Å². The summed E-state index contributed by atoms with van der Waals surface area (Å²) in [4.78, 5) is 46.6. The van der Waals surface area contributed by atoms with Crippen molar-refractivity contribution >= 4 is 46.0 Å². The number of amides is 3. The van der Waals surface area contributed by atoms with Crippen LogP contribution in [0.1, 0.15) is 47.7 Å². The predicted octanol–water partition coefficient (Wildman–Crippen LogP) is 4.51. The molecule has 1 aromatic heterocycles. The molecule has 1 saturated heterocycles. The Labute approximate surface area is 208 Å². The van der Waals surface area contributed by atoms with E-state index in [2.05, 4.69) is 22.9 Å². The zero-order valence-electron chi connectivity index (χ0n) is 19.8. The topological polar surface area (TPSA) is 82.6 Å². The van der Waals surface area contributed by atoms with Crippen molar-refractivity contribution in [2.45, 2.75) is 55.2 Å². The first-order valence-corrected chi connectivity index (χ1v) is 13.2. The van der Waals surface area contributed by atoms with Gasteiger partial charge in [0, 0.05) is 42.1 Å². The van der Waals surface area contributed by atoms with Crippen LogP contribution in [0.25, 0.3) is 0 Å². The van der Waals surface area contributed by atoms with Crippen LogP contribution in [0.2, 0.25) is 0 Å². The van der Waals surface area contributed by atoms with E-state index in [1.165, 1.54) is 17.4 Å². The summed E-state index contributed by atoms with van der Waals surface area (Å²) in [6.07, 6.45) is 5.74. The molecule has 1 atom stereocenters. The second-order valence-corrected chi connectivity index (χ2v) is 11.4. The molecule has 180 valence electrons. The first-order valence-electron chi connectivity index (χ1n) is 11.5. The average Bonchev–Trinajstić information content (AvgIpc) is 3.60. The lowest BCUT2D eigenvalue weighted by Gasteiger charge is -2.28. The predicted molar refractivity (Wildman–Crippen MR) is 135 cm³/mol. The molecule has 1 aliphatic carbocycles. The molecule has 1 unspecified atom stereocenters. The number of hydrogen-bond acceptors (Lipinski definition) is 6. The summed E-state index contributed by atoms with van der Waals surface area (Å²) in [6.45, 7) is 11.3. The molecule has 0 bridgehead atoms. The Balaban J connectivity index is 1.49. The summed E-state index contributed by atoms with van der Waals surface area (Å²) in [5.41, 5.74) is 2.70. The maximum atomic E-state index is 13.6. The molecule has 1 saturated carbocycles. The Morgan fingerprint density at radius 2 is 2.00 bits per heavy atom. The Hall–Kier alpha value is -2.65. The van der Waals surface area contributed by atoms with Crippen LogP contribution >= 0.6 is 23.1 Å². The number of carbonyl (C=O) groups is 3. The number of hydrogen-bond donors (Lipinski definition) is 1. The minimum Gasteiger partial charge on any atom is -0.337 e. The van der Waals surface area contributed by atoms with Crippen molar-refractivity contribution in [3.8, 4) is 0 Å². The van der Waals surface area contributed by atoms with Gasteiger partial charge < -0.3 is 15.1 Å². The van der Waals surface area contributed by atoms with Crippen molar-refractivity contribution in [1.82, 2.24) is 14.8 Å². The molecule has 0 spiro atoms. The minimum absolute atomic E-state index is 0.00973.